The van der Waals surface area contributed by atoms with Crippen LogP contribution in [0.4, 0.5) is 0 Å². The minimum atomic E-state index is -0.155. The van der Waals surface area contributed by atoms with Gasteiger partial charge >= 0.3 is 5.97 Å². The van der Waals surface area contributed by atoms with Crippen molar-refractivity contribution in [1.82, 2.24) is 15.1 Å². The number of hydrogen-bond donors (Lipinski definition) is 1. The number of nitrogens with zero attached hydrogens (tertiary/aromatic N) is 2. The molecule has 0 amide bonds. The lowest BCUT2D eigenvalue weighted by Gasteiger charge is -2.04. The number of aryl methyl sites for hydroxylation is 1. The first-order valence-electron chi connectivity index (χ1n) is 4.98. The predicted octanol–water partition coefficient (Wildman–Crippen LogP) is 0.463. The van der Waals surface area contributed by atoms with Crippen LogP contribution >= 0.6 is 0 Å². The molecule has 0 unspecified atom stereocenters. The molecule has 1 N–H and O–H groups in total. The van der Waals surface area contributed by atoms with Crippen LogP contribution in [0.25, 0.3) is 0 Å². The first-order valence-corrected chi connectivity index (χ1v) is 4.98. The van der Waals surface area contributed by atoms with Gasteiger partial charge in [0.25, 0.3) is 0 Å². The van der Waals surface area contributed by atoms with Crippen LogP contribution in [-0.2, 0) is 23.1 Å². The summed E-state index contributed by atoms with van der Waals surface area (Å²) in [5.41, 5.74) is 1.13. The van der Waals surface area contributed by atoms with Gasteiger partial charge in [0.1, 0.15) is 0 Å². The highest BCUT2D eigenvalue weighted by atomic mass is 16.5. The van der Waals surface area contributed by atoms with E-state index in [1.54, 1.807) is 6.20 Å². The number of carbonyl (C=O) groups is 1. The summed E-state index contributed by atoms with van der Waals surface area (Å²) in [4.78, 5) is 10.8. The lowest BCUT2D eigenvalue weighted by Crippen LogP contribution is -2.18. The second kappa shape index (κ2) is 6.19. The van der Waals surface area contributed by atoms with Crippen molar-refractivity contribution in [3.63, 3.8) is 0 Å². The lowest BCUT2D eigenvalue weighted by atomic mass is 10.3. The third-order valence-corrected chi connectivity index (χ3v) is 2.19. The molecule has 0 aromatic carbocycles. The topological polar surface area (TPSA) is 56.1 Å². The maximum Gasteiger partial charge on any atom is 0.305 e. The van der Waals surface area contributed by atoms with Crippen LogP contribution in [0, 0.1) is 0 Å². The fourth-order valence-electron chi connectivity index (χ4n) is 1.25. The van der Waals surface area contributed by atoms with Gasteiger partial charge in [0.05, 0.1) is 12.8 Å². The molecule has 0 aliphatic heterocycles. The van der Waals surface area contributed by atoms with E-state index in [4.69, 9.17) is 0 Å². The SMILES string of the molecule is COC(=O)CCCNCc1ccnn1C. The number of rotatable bonds is 6. The largest absolute Gasteiger partial charge is 0.469 e. The molecule has 0 bridgehead atoms. The Bertz CT molecular complexity index is 309. The van der Waals surface area contributed by atoms with Crippen molar-refractivity contribution in [2.75, 3.05) is 13.7 Å². The van der Waals surface area contributed by atoms with E-state index >= 15 is 0 Å². The summed E-state index contributed by atoms with van der Waals surface area (Å²) in [6.07, 6.45) is 3.03. The summed E-state index contributed by atoms with van der Waals surface area (Å²) in [6.45, 7) is 1.58. The smallest absolute Gasteiger partial charge is 0.305 e. The molecule has 0 spiro atoms. The number of aromatic nitrogens is 2. The van der Waals surface area contributed by atoms with Gasteiger partial charge in [0, 0.05) is 26.2 Å². The second-order valence-corrected chi connectivity index (χ2v) is 3.30. The fraction of sp³-hybridized carbons (Fsp3) is 0.600. The summed E-state index contributed by atoms with van der Waals surface area (Å²) < 4.78 is 6.37. The predicted molar refractivity (Wildman–Crippen MR) is 56.2 cm³/mol. The average Bonchev–Trinajstić information content (AvgIpc) is 2.63. The zero-order valence-corrected chi connectivity index (χ0v) is 9.19. The van der Waals surface area contributed by atoms with E-state index in [-0.39, 0.29) is 5.97 Å². The Labute approximate surface area is 89.4 Å². The Morgan fingerprint density at radius 1 is 1.67 bits per heavy atom. The number of methoxy groups -OCH3 is 1. The summed E-state index contributed by atoms with van der Waals surface area (Å²) in [5, 5.41) is 7.30. The van der Waals surface area contributed by atoms with Crippen LogP contribution in [0.3, 0.4) is 0 Å². The number of carbonyl (C=O) groups excluding carboxylic acids is 1. The highest BCUT2D eigenvalue weighted by Crippen LogP contribution is 1.95. The molecule has 1 heterocycles. The molecule has 5 nitrogen and oxygen atoms in total. The molecule has 84 valence electrons. The third-order valence-electron chi connectivity index (χ3n) is 2.19. The number of nitrogens with one attached hydrogen (secondary N) is 1. The minimum Gasteiger partial charge on any atom is -0.469 e. The Morgan fingerprint density at radius 2 is 2.47 bits per heavy atom. The Kier molecular flexibility index (Phi) is 4.83. The quantitative estimate of drug-likeness (QED) is 0.548. The molecule has 0 radical (unpaired) electrons. The van der Waals surface area contributed by atoms with Crippen LogP contribution in [0.1, 0.15) is 18.5 Å². The van der Waals surface area contributed by atoms with Crippen LogP contribution in [0.2, 0.25) is 0 Å². The van der Waals surface area contributed by atoms with Crippen molar-refractivity contribution in [1.29, 1.82) is 0 Å². The van der Waals surface area contributed by atoms with E-state index < -0.39 is 0 Å². The molecule has 15 heavy (non-hydrogen) atoms. The van der Waals surface area contributed by atoms with Crippen molar-refractivity contribution in [3.8, 4) is 0 Å². The van der Waals surface area contributed by atoms with Crippen molar-refractivity contribution < 1.29 is 9.53 Å². The molecule has 0 saturated heterocycles. The Morgan fingerprint density at radius 3 is 3.07 bits per heavy atom. The minimum absolute atomic E-state index is 0.155. The highest BCUT2D eigenvalue weighted by Gasteiger charge is 2.00. The zero-order valence-electron chi connectivity index (χ0n) is 9.19. The van der Waals surface area contributed by atoms with E-state index in [1.807, 2.05) is 17.8 Å². The van der Waals surface area contributed by atoms with E-state index in [1.165, 1.54) is 7.11 Å². The van der Waals surface area contributed by atoms with Gasteiger partial charge in [-0.05, 0) is 19.0 Å². The molecular formula is C10H17N3O2. The lowest BCUT2D eigenvalue weighted by molar-refractivity contribution is -0.140. The van der Waals surface area contributed by atoms with Gasteiger partial charge in [0.15, 0.2) is 0 Å². The summed E-state index contributed by atoms with van der Waals surface area (Å²) >= 11 is 0. The third kappa shape index (κ3) is 4.12. The van der Waals surface area contributed by atoms with Crippen molar-refractivity contribution in [2.45, 2.75) is 19.4 Å². The zero-order chi connectivity index (χ0) is 11.1. The summed E-state index contributed by atoms with van der Waals surface area (Å²) in [5.74, 6) is -0.155. The van der Waals surface area contributed by atoms with Gasteiger partial charge in [-0.3, -0.25) is 9.48 Å². The van der Waals surface area contributed by atoms with Crippen LogP contribution in [0.15, 0.2) is 12.3 Å². The fourth-order valence-corrected chi connectivity index (χ4v) is 1.25. The van der Waals surface area contributed by atoms with Gasteiger partial charge in [-0.15, -0.1) is 0 Å². The number of ether oxygens (including phenoxy) is 1. The maximum absolute atomic E-state index is 10.8. The van der Waals surface area contributed by atoms with Crippen LogP contribution < -0.4 is 5.32 Å². The molecule has 0 saturated carbocycles. The maximum atomic E-state index is 10.8. The highest BCUT2D eigenvalue weighted by molar-refractivity contribution is 5.69. The first-order chi connectivity index (χ1) is 7.24. The molecule has 0 atom stereocenters. The van der Waals surface area contributed by atoms with Crippen molar-refractivity contribution >= 4 is 5.97 Å². The van der Waals surface area contributed by atoms with E-state index in [0.717, 1.165) is 25.2 Å². The summed E-state index contributed by atoms with van der Waals surface area (Å²) in [7, 11) is 3.32. The van der Waals surface area contributed by atoms with E-state index in [2.05, 4.69) is 15.2 Å². The van der Waals surface area contributed by atoms with Crippen LogP contribution in [-0.4, -0.2) is 29.4 Å². The average molecular weight is 211 g/mol. The molecule has 5 heteroatoms. The monoisotopic (exact) mass is 211 g/mol. The van der Waals surface area contributed by atoms with E-state index in [0.29, 0.717) is 6.42 Å². The van der Waals surface area contributed by atoms with Crippen LogP contribution in [0.5, 0.6) is 0 Å². The van der Waals surface area contributed by atoms with Gasteiger partial charge in [-0.1, -0.05) is 0 Å². The van der Waals surface area contributed by atoms with Crippen molar-refractivity contribution in [2.24, 2.45) is 7.05 Å². The molecule has 0 fully saturated rings. The normalized spacial score (nSPS) is 10.3. The molecule has 1 aromatic heterocycles. The van der Waals surface area contributed by atoms with Gasteiger partial charge < -0.3 is 10.1 Å². The Hall–Kier alpha value is -1.36. The second-order valence-electron chi connectivity index (χ2n) is 3.30. The number of hydrogen-bond acceptors (Lipinski definition) is 4. The Balaban J connectivity index is 2.07. The van der Waals surface area contributed by atoms with Crippen molar-refractivity contribution in [3.05, 3.63) is 18.0 Å². The molecule has 1 rings (SSSR count). The van der Waals surface area contributed by atoms with E-state index in [9.17, 15) is 4.79 Å². The molecule has 1 aromatic rings. The standard InChI is InChI=1S/C10H17N3O2/c1-13-9(5-7-12-13)8-11-6-3-4-10(14)15-2/h5,7,11H,3-4,6,8H2,1-2H3. The van der Waals surface area contributed by atoms with Gasteiger partial charge in [-0.2, -0.15) is 5.10 Å². The first kappa shape index (κ1) is 11.7. The van der Waals surface area contributed by atoms with Gasteiger partial charge in [0.2, 0.25) is 0 Å². The molecule has 0 aliphatic carbocycles. The molecular weight excluding hydrogens is 194 g/mol. The van der Waals surface area contributed by atoms with Gasteiger partial charge in [-0.25, -0.2) is 0 Å². The molecule has 0 aliphatic rings. The summed E-state index contributed by atoms with van der Waals surface area (Å²) in [6, 6.07) is 1.97. The number of esters is 1.